The summed E-state index contributed by atoms with van der Waals surface area (Å²) in [6.07, 6.45) is 3.06. The van der Waals surface area contributed by atoms with E-state index in [1.165, 1.54) is 29.2 Å². The Bertz CT molecular complexity index is 951. The molecule has 2 aromatic rings. The van der Waals surface area contributed by atoms with E-state index < -0.39 is 9.84 Å². The van der Waals surface area contributed by atoms with Crippen LogP contribution in [0.4, 0.5) is 0 Å². The molecule has 2 unspecified atom stereocenters. The highest BCUT2D eigenvalue weighted by molar-refractivity contribution is 7.91. The van der Waals surface area contributed by atoms with E-state index in [-0.39, 0.29) is 17.7 Å². The number of nitrogens with zero attached hydrogens (tertiary/aromatic N) is 1. The summed E-state index contributed by atoms with van der Waals surface area (Å²) >= 11 is 0. The molecule has 0 bridgehead atoms. The molecule has 5 nitrogen and oxygen atoms in total. The Morgan fingerprint density at radius 2 is 1.93 bits per heavy atom. The topological polar surface area (TPSA) is 70.6 Å². The lowest BCUT2D eigenvalue weighted by atomic mass is 10.0. The van der Waals surface area contributed by atoms with Gasteiger partial charge in [0.1, 0.15) is 0 Å². The van der Waals surface area contributed by atoms with Gasteiger partial charge in [0.05, 0.1) is 17.5 Å². The highest BCUT2D eigenvalue weighted by atomic mass is 32.2. The van der Waals surface area contributed by atoms with E-state index >= 15 is 0 Å². The van der Waals surface area contributed by atoms with E-state index in [4.69, 9.17) is 4.99 Å². The molecule has 144 valence electrons. The molecule has 0 spiro atoms. The van der Waals surface area contributed by atoms with E-state index in [1.807, 2.05) is 0 Å². The lowest BCUT2D eigenvalue weighted by Crippen LogP contribution is -2.40. The van der Waals surface area contributed by atoms with Crippen molar-refractivity contribution in [1.29, 1.82) is 0 Å². The van der Waals surface area contributed by atoms with Crippen LogP contribution in [0.3, 0.4) is 0 Å². The van der Waals surface area contributed by atoms with Crippen molar-refractivity contribution in [2.24, 2.45) is 10.9 Å². The Kier molecular flexibility index (Phi) is 5.08. The molecule has 0 radical (unpaired) electrons. The van der Waals surface area contributed by atoms with Crippen LogP contribution in [0.1, 0.15) is 37.8 Å². The van der Waals surface area contributed by atoms with Crippen LogP contribution >= 0.6 is 0 Å². The SMILES string of the molecule is CC(NC(=NCC1CCS(=O)(=O)C1)NC1CC1)c1ccc2ccccc2c1. The molecule has 1 aliphatic carbocycles. The van der Waals surface area contributed by atoms with Crippen molar-refractivity contribution in [3.8, 4) is 0 Å². The average Bonchev–Trinajstić information content (AvgIpc) is 3.40. The molecule has 1 saturated carbocycles. The first-order chi connectivity index (χ1) is 13.0. The Hall–Kier alpha value is -2.08. The van der Waals surface area contributed by atoms with Crippen LogP contribution in [-0.2, 0) is 9.84 Å². The highest BCUT2D eigenvalue weighted by Gasteiger charge is 2.28. The summed E-state index contributed by atoms with van der Waals surface area (Å²) in [4.78, 5) is 4.71. The zero-order valence-electron chi connectivity index (χ0n) is 15.7. The fourth-order valence-electron chi connectivity index (χ4n) is 3.56. The van der Waals surface area contributed by atoms with E-state index in [0.29, 0.717) is 18.3 Å². The number of benzene rings is 2. The molecule has 0 amide bonds. The second-order valence-electron chi connectivity index (χ2n) is 7.85. The van der Waals surface area contributed by atoms with Crippen LogP contribution in [0, 0.1) is 5.92 Å². The summed E-state index contributed by atoms with van der Waals surface area (Å²) in [5, 5.41) is 9.43. The van der Waals surface area contributed by atoms with Gasteiger partial charge in [0.25, 0.3) is 0 Å². The molecule has 2 aromatic carbocycles. The zero-order valence-corrected chi connectivity index (χ0v) is 16.5. The average molecular weight is 386 g/mol. The lowest BCUT2D eigenvalue weighted by Gasteiger charge is -2.19. The van der Waals surface area contributed by atoms with Gasteiger partial charge in [0.15, 0.2) is 15.8 Å². The van der Waals surface area contributed by atoms with Crippen LogP contribution < -0.4 is 10.6 Å². The van der Waals surface area contributed by atoms with Gasteiger partial charge in [-0.05, 0) is 54.5 Å². The monoisotopic (exact) mass is 385 g/mol. The fourth-order valence-corrected chi connectivity index (χ4v) is 5.41. The normalized spacial score (nSPS) is 23.3. The van der Waals surface area contributed by atoms with Gasteiger partial charge in [-0.3, -0.25) is 4.99 Å². The third-order valence-corrected chi connectivity index (χ3v) is 7.22. The number of aliphatic imine (C=N–C) groups is 1. The Balaban J connectivity index is 1.45. The number of guanidine groups is 1. The minimum atomic E-state index is -2.85. The predicted molar refractivity (Wildman–Crippen MR) is 111 cm³/mol. The van der Waals surface area contributed by atoms with E-state index in [2.05, 4.69) is 60.0 Å². The molecule has 6 heteroatoms. The molecular formula is C21H27N3O2S. The van der Waals surface area contributed by atoms with Crippen molar-refractivity contribution in [1.82, 2.24) is 10.6 Å². The number of sulfone groups is 1. The lowest BCUT2D eigenvalue weighted by molar-refractivity contribution is 0.587. The molecule has 0 aromatic heterocycles. The maximum atomic E-state index is 11.7. The number of hydrogen-bond donors (Lipinski definition) is 2. The molecule has 4 rings (SSSR count). The van der Waals surface area contributed by atoms with E-state index in [0.717, 1.165) is 12.4 Å². The van der Waals surface area contributed by atoms with E-state index in [9.17, 15) is 8.42 Å². The molecule has 2 aliphatic rings. The molecule has 27 heavy (non-hydrogen) atoms. The van der Waals surface area contributed by atoms with Gasteiger partial charge in [0, 0.05) is 12.6 Å². The van der Waals surface area contributed by atoms with Crippen LogP contribution in [0.2, 0.25) is 0 Å². The number of nitrogens with one attached hydrogen (secondary N) is 2. The Morgan fingerprint density at radius 1 is 1.15 bits per heavy atom. The largest absolute Gasteiger partial charge is 0.354 e. The molecule has 2 N–H and O–H groups in total. The fraction of sp³-hybridized carbons (Fsp3) is 0.476. The van der Waals surface area contributed by atoms with Gasteiger partial charge in [0.2, 0.25) is 0 Å². The minimum Gasteiger partial charge on any atom is -0.354 e. The van der Waals surface area contributed by atoms with Crippen molar-refractivity contribution < 1.29 is 8.42 Å². The van der Waals surface area contributed by atoms with Crippen LogP contribution in [-0.4, -0.2) is 38.5 Å². The van der Waals surface area contributed by atoms with Crippen molar-refractivity contribution in [3.63, 3.8) is 0 Å². The van der Waals surface area contributed by atoms with E-state index in [1.54, 1.807) is 0 Å². The van der Waals surface area contributed by atoms with Gasteiger partial charge in [-0.2, -0.15) is 0 Å². The summed E-state index contributed by atoms with van der Waals surface area (Å²) in [5.74, 6) is 1.51. The van der Waals surface area contributed by atoms with Crippen molar-refractivity contribution in [2.75, 3.05) is 18.1 Å². The summed E-state index contributed by atoms with van der Waals surface area (Å²) < 4.78 is 23.3. The minimum absolute atomic E-state index is 0.118. The van der Waals surface area contributed by atoms with Crippen molar-refractivity contribution >= 4 is 26.6 Å². The number of hydrogen-bond acceptors (Lipinski definition) is 3. The molecule has 2 atom stereocenters. The standard InChI is InChI=1S/C21H27N3O2S/c1-15(18-7-6-17-4-2-3-5-19(17)12-18)23-21(24-20-8-9-20)22-13-16-10-11-27(25,26)14-16/h2-7,12,15-16,20H,8-11,13-14H2,1H3,(H2,22,23,24). The Labute approximate surface area is 161 Å². The molecule has 1 heterocycles. The third kappa shape index (κ3) is 4.80. The van der Waals surface area contributed by atoms with Gasteiger partial charge in [-0.25, -0.2) is 8.42 Å². The molecular weight excluding hydrogens is 358 g/mol. The van der Waals surface area contributed by atoms with Crippen LogP contribution in [0.25, 0.3) is 10.8 Å². The second-order valence-corrected chi connectivity index (χ2v) is 10.1. The second kappa shape index (κ2) is 7.50. The van der Waals surface area contributed by atoms with Crippen LogP contribution in [0.15, 0.2) is 47.5 Å². The maximum absolute atomic E-state index is 11.7. The van der Waals surface area contributed by atoms with Gasteiger partial charge < -0.3 is 10.6 Å². The third-order valence-electron chi connectivity index (χ3n) is 5.38. The van der Waals surface area contributed by atoms with Gasteiger partial charge in [-0.15, -0.1) is 0 Å². The van der Waals surface area contributed by atoms with Gasteiger partial charge >= 0.3 is 0 Å². The highest BCUT2D eigenvalue weighted by Crippen LogP contribution is 2.22. The first-order valence-electron chi connectivity index (χ1n) is 9.75. The number of rotatable bonds is 5. The smallest absolute Gasteiger partial charge is 0.191 e. The Morgan fingerprint density at radius 3 is 2.63 bits per heavy atom. The summed E-state index contributed by atoms with van der Waals surface area (Å²) in [5.41, 5.74) is 1.21. The summed E-state index contributed by atoms with van der Waals surface area (Å²) in [6, 6.07) is 15.5. The molecule has 1 saturated heterocycles. The zero-order chi connectivity index (χ0) is 18.9. The van der Waals surface area contributed by atoms with Crippen LogP contribution in [0.5, 0.6) is 0 Å². The maximum Gasteiger partial charge on any atom is 0.191 e. The molecule has 2 fully saturated rings. The quantitative estimate of drug-likeness (QED) is 0.613. The van der Waals surface area contributed by atoms with Gasteiger partial charge in [-0.1, -0.05) is 36.4 Å². The molecule has 1 aliphatic heterocycles. The first kappa shape index (κ1) is 18.3. The number of fused-ring (bicyclic) bond motifs is 1. The summed E-state index contributed by atoms with van der Waals surface area (Å²) in [7, 11) is -2.85. The summed E-state index contributed by atoms with van der Waals surface area (Å²) in [6.45, 7) is 2.69. The van der Waals surface area contributed by atoms with Crippen molar-refractivity contribution in [3.05, 3.63) is 48.0 Å². The predicted octanol–water partition coefficient (Wildman–Crippen LogP) is 3.03. The van der Waals surface area contributed by atoms with Crippen molar-refractivity contribution in [2.45, 2.75) is 38.3 Å². The first-order valence-corrected chi connectivity index (χ1v) is 11.6.